The van der Waals surface area contributed by atoms with E-state index >= 15 is 0 Å². The third-order valence-corrected chi connectivity index (χ3v) is 5.68. The van der Waals surface area contributed by atoms with E-state index in [1.807, 2.05) is 36.4 Å². The molecule has 2 aromatic carbocycles. The summed E-state index contributed by atoms with van der Waals surface area (Å²) in [5.74, 6) is 0.0755. The van der Waals surface area contributed by atoms with Gasteiger partial charge in [-0.2, -0.15) is 0 Å². The van der Waals surface area contributed by atoms with Crippen LogP contribution in [0, 0.1) is 0 Å². The monoisotopic (exact) mass is 417 g/mol. The molecule has 0 spiro atoms. The zero-order chi connectivity index (χ0) is 20.9. The highest BCUT2D eigenvalue weighted by atomic mass is 32.2. The largest absolute Gasteiger partial charge is 0.396 e. The summed E-state index contributed by atoms with van der Waals surface area (Å²) >= 11 is 1.62. The van der Waals surface area contributed by atoms with Crippen LogP contribution in [0.3, 0.4) is 0 Å². The van der Waals surface area contributed by atoms with Crippen molar-refractivity contribution >= 4 is 28.6 Å². The van der Waals surface area contributed by atoms with E-state index < -0.39 is 5.91 Å². The van der Waals surface area contributed by atoms with Gasteiger partial charge < -0.3 is 5.11 Å². The number of hydrogen-bond acceptors (Lipinski definition) is 6. The number of aliphatic hydroxyl groups is 1. The van der Waals surface area contributed by atoms with Crippen molar-refractivity contribution in [2.75, 3.05) is 12.4 Å². The van der Waals surface area contributed by atoms with Crippen LogP contribution in [-0.2, 0) is 0 Å². The Morgan fingerprint density at radius 2 is 1.63 bits per heavy atom. The van der Waals surface area contributed by atoms with Gasteiger partial charge in [-0.1, -0.05) is 36.4 Å². The number of carbonyl (C=O) groups is 1. The van der Waals surface area contributed by atoms with Gasteiger partial charge in [-0.05, 0) is 35.4 Å². The number of aliphatic hydroxyl groups excluding tert-OH is 1. The van der Waals surface area contributed by atoms with Crippen molar-refractivity contribution in [1.29, 1.82) is 0 Å². The molecule has 0 radical (unpaired) electrons. The average Bonchev–Trinajstić information content (AvgIpc) is 2.82. The molecule has 0 saturated carbocycles. The molecule has 2 heterocycles. The SMILES string of the molecule is O=C(NO)c1cc(-c2ccc(-c3ccc(SCCO)cc3)cc2)nc2ccncc12. The first-order valence-electron chi connectivity index (χ1n) is 9.33. The summed E-state index contributed by atoms with van der Waals surface area (Å²) in [5, 5.41) is 18.6. The topological polar surface area (TPSA) is 95.3 Å². The number of benzene rings is 2. The first-order chi connectivity index (χ1) is 14.7. The molecule has 150 valence electrons. The standard InChI is InChI=1S/C23H19N3O3S/c27-11-12-30-18-7-5-16(6-8-18)15-1-3-17(4-2-15)22-13-19(23(28)26-29)20-14-24-10-9-21(20)25-22/h1-10,13-14,27,29H,11-12H2,(H,26,28). The number of rotatable bonds is 6. The average molecular weight is 417 g/mol. The van der Waals surface area contributed by atoms with Gasteiger partial charge in [0.1, 0.15) is 0 Å². The third kappa shape index (κ3) is 4.18. The van der Waals surface area contributed by atoms with Crippen LogP contribution in [0.15, 0.2) is 78.0 Å². The summed E-state index contributed by atoms with van der Waals surface area (Å²) in [6.07, 6.45) is 3.17. The molecule has 0 saturated heterocycles. The van der Waals surface area contributed by atoms with E-state index in [1.54, 1.807) is 41.8 Å². The van der Waals surface area contributed by atoms with Gasteiger partial charge in [-0.3, -0.25) is 15.0 Å². The van der Waals surface area contributed by atoms with Gasteiger partial charge >= 0.3 is 0 Å². The molecule has 7 heteroatoms. The molecule has 4 rings (SSSR count). The smallest absolute Gasteiger partial charge is 0.275 e. The van der Waals surface area contributed by atoms with Crippen molar-refractivity contribution in [1.82, 2.24) is 15.4 Å². The molecule has 0 fully saturated rings. The zero-order valence-corrected chi connectivity index (χ0v) is 16.8. The lowest BCUT2D eigenvalue weighted by molar-refractivity contribution is 0.0708. The summed E-state index contributed by atoms with van der Waals surface area (Å²) in [6, 6.07) is 19.5. The fourth-order valence-corrected chi connectivity index (χ4v) is 3.86. The molecule has 0 unspecified atom stereocenters. The van der Waals surface area contributed by atoms with Gasteiger partial charge in [0, 0.05) is 34.0 Å². The predicted molar refractivity (Wildman–Crippen MR) is 117 cm³/mol. The normalized spacial score (nSPS) is 10.9. The van der Waals surface area contributed by atoms with Crippen LogP contribution in [0.4, 0.5) is 0 Å². The van der Waals surface area contributed by atoms with Crippen molar-refractivity contribution in [2.45, 2.75) is 4.90 Å². The molecule has 0 bridgehead atoms. The number of pyridine rings is 2. The van der Waals surface area contributed by atoms with Crippen molar-refractivity contribution in [3.05, 3.63) is 78.6 Å². The number of nitrogens with zero attached hydrogens (tertiary/aromatic N) is 2. The predicted octanol–water partition coefficient (Wildman–Crippen LogP) is 4.17. The molecule has 30 heavy (non-hydrogen) atoms. The van der Waals surface area contributed by atoms with Gasteiger partial charge in [0.05, 0.1) is 23.4 Å². The molecular weight excluding hydrogens is 398 g/mol. The second kappa shape index (κ2) is 9.04. The Bertz CT molecular complexity index is 1180. The highest BCUT2D eigenvalue weighted by molar-refractivity contribution is 7.99. The molecule has 3 N–H and O–H groups in total. The van der Waals surface area contributed by atoms with E-state index in [1.165, 1.54) is 0 Å². The highest BCUT2D eigenvalue weighted by Crippen LogP contribution is 2.28. The van der Waals surface area contributed by atoms with Crippen LogP contribution in [-0.4, -0.2) is 38.5 Å². The minimum absolute atomic E-state index is 0.162. The fraction of sp³-hybridized carbons (Fsp3) is 0.0870. The van der Waals surface area contributed by atoms with Crippen LogP contribution in [0.1, 0.15) is 10.4 Å². The van der Waals surface area contributed by atoms with Gasteiger partial charge in [0.15, 0.2) is 0 Å². The molecule has 6 nitrogen and oxygen atoms in total. The zero-order valence-electron chi connectivity index (χ0n) is 15.9. The number of nitrogens with one attached hydrogen (secondary N) is 1. The first-order valence-corrected chi connectivity index (χ1v) is 10.3. The number of hydrogen-bond donors (Lipinski definition) is 3. The van der Waals surface area contributed by atoms with E-state index in [4.69, 9.17) is 10.3 Å². The summed E-state index contributed by atoms with van der Waals surface area (Å²) < 4.78 is 0. The van der Waals surface area contributed by atoms with Crippen molar-refractivity contribution < 1.29 is 15.1 Å². The summed E-state index contributed by atoms with van der Waals surface area (Å²) in [5.41, 5.74) is 6.28. The van der Waals surface area contributed by atoms with E-state index in [-0.39, 0.29) is 6.61 Å². The molecule has 0 atom stereocenters. The lowest BCUT2D eigenvalue weighted by Gasteiger charge is -2.09. The Morgan fingerprint density at radius 1 is 0.967 bits per heavy atom. The molecule has 0 aliphatic rings. The second-order valence-corrected chi connectivity index (χ2v) is 7.73. The molecule has 2 aromatic heterocycles. The maximum absolute atomic E-state index is 12.1. The van der Waals surface area contributed by atoms with Crippen LogP contribution in [0.25, 0.3) is 33.3 Å². The van der Waals surface area contributed by atoms with Crippen LogP contribution >= 0.6 is 11.8 Å². The first kappa shape index (κ1) is 20.0. The van der Waals surface area contributed by atoms with E-state index in [2.05, 4.69) is 22.1 Å². The fourth-order valence-electron chi connectivity index (χ4n) is 3.21. The van der Waals surface area contributed by atoms with Crippen LogP contribution in [0.2, 0.25) is 0 Å². The third-order valence-electron chi connectivity index (χ3n) is 4.68. The van der Waals surface area contributed by atoms with Gasteiger partial charge in [-0.25, -0.2) is 10.5 Å². The maximum Gasteiger partial charge on any atom is 0.275 e. The van der Waals surface area contributed by atoms with Crippen molar-refractivity contribution in [3.8, 4) is 22.4 Å². The van der Waals surface area contributed by atoms with Gasteiger partial charge in [0.2, 0.25) is 0 Å². The summed E-state index contributed by atoms with van der Waals surface area (Å²) in [7, 11) is 0. The quantitative estimate of drug-likeness (QED) is 0.248. The Labute approximate surface area is 177 Å². The number of fused-ring (bicyclic) bond motifs is 1. The van der Waals surface area contributed by atoms with Gasteiger partial charge in [-0.15, -0.1) is 11.8 Å². The minimum Gasteiger partial charge on any atom is -0.396 e. The molecule has 0 aliphatic heterocycles. The maximum atomic E-state index is 12.1. The van der Waals surface area contributed by atoms with Gasteiger partial charge in [0.25, 0.3) is 5.91 Å². The van der Waals surface area contributed by atoms with Crippen molar-refractivity contribution in [2.24, 2.45) is 0 Å². The molecular formula is C23H19N3O3S. The van der Waals surface area contributed by atoms with Crippen LogP contribution < -0.4 is 5.48 Å². The Hall–Kier alpha value is -3.26. The molecule has 1 amide bonds. The second-order valence-electron chi connectivity index (χ2n) is 6.56. The molecule has 0 aliphatic carbocycles. The Kier molecular flexibility index (Phi) is 6.04. The van der Waals surface area contributed by atoms with Crippen molar-refractivity contribution in [3.63, 3.8) is 0 Å². The number of aromatic nitrogens is 2. The number of carbonyl (C=O) groups excluding carboxylic acids is 1. The van der Waals surface area contributed by atoms with E-state index in [9.17, 15) is 4.79 Å². The lowest BCUT2D eigenvalue weighted by Crippen LogP contribution is -2.19. The number of amides is 1. The molecule has 4 aromatic rings. The Morgan fingerprint density at radius 3 is 2.30 bits per heavy atom. The van der Waals surface area contributed by atoms with E-state index in [0.717, 1.165) is 21.6 Å². The minimum atomic E-state index is -0.604. The number of hydroxylamine groups is 1. The lowest BCUT2D eigenvalue weighted by atomic mass is 10.0. The Balaban J connectivity index is 1.66. The van der Waals surface area contributed by atoms with Crippen LogP contribution in [0.5, 0.6) is 0 Å². The highest BCUT2D eigenvalue weighted by Gasteiger charge is 2.13. The number of thioether (sulfide) groups is 1. The summed E-state index contributed by atoms with van der Waals surface area (Å²) in [4.78, 5) is 21.9. The van der Waals surface area contributed by atoms with E-state index in [0.29, 0.717) is 27.9 Å². The summed E-state index contributed by atoms with van der Waals surface area (Å²) in [6.45, 7) is 0.162.